The lowest BCUT2D eigenvalue weighted by atomic mass is 9.73. The number of thiophene rings is 1. The molecular formula is C26H25ClN2O3S2. The second kappa shape index (κ2) is 9.38. The van der Waals surface area contributed by atoms with Gasteiger partial charge in [-0.05, 0) is 53.3 Å². The number of ether oxygens (including phenoxy) is 1. The first kappa shape index (κ1) is 23.4. The molecule has 2 aliphatic heterocycles. The van der Waals surface area contributed by atoms with Crippen molar-refractivity contribution >= 4 is 53.1 Å². The van der Waals surface area contributed by atoms with E-state index in [-0.39, 0.29) is 18.1 Å². The number of rotatable bonds is 4. The van der Waals surface area contributed by atoms with E-state index in [9.17, 15) is 9.59 Å². The predicted octanol–water partition coefficient (Wildman–Crippen LogP) is 5.22. The molecule has 2 aliphatic rings. The third-order valence-corrected chi connectivity index (χ3v) is 8.46. The Morgan fingerprint density at radius 2 is 1.76 bits per heavy atom. The second-order valence-electron chi connectivity index (χ2n) is 8.70. The molecular weight excluding hydrogens is 488 g/mol. The summed E-state index contributed by atoms with van der Waals surface area (Å²) in [5.41, 5.74) is 2.37. The van der Waals surface area contributed by atoms with Gasteiger partial charge in [-0.2, -0.15) is 0 Å². The quantitative estimate of drug-likeness (QED) is 0.384. The summed E-state index contributed by atoms with van der Waals surface area (Å²) in [7, 11) is 0. The van der Waals surface area contributed by atoms with Crippen molar-refractivity contribution in [1.82, 2.24) is 4.31 Å². The maximum Gasteiger partial charge on any atom is 0.248 e. The molecule has 5 nitrogen and oxygen atoms in total. The number of hydrogen-bond acceptors (Lipinski definition) is 6. The van der Waals surface area contributed by atoms with Gasteiger partial charge in [0.15, 0.2) is 5.78 Å². The van der Waals surface area contributed by atoms with Gasteiger partial charge >= 0.3 is 0 Å². The van der Waals surface area contributed by atoms with Gasteiger partial charge in [0, 0.05) is 35.1 Å². The lowest BCUT2D eigenvalue weighted by Crippen LogP contribution is -2.54. The van der Waals surface area contributed by atoms with Gasteiger partial charge in [-0.1, -0.05) is 54.7 Å². The zero-order valence-electron chi connectivity index (χ0n) is 18.7. The van der Waals surface area contributed by atoms with Crippen molar-refractivity contribution in [3.8, 4) is 0 Å². The van der Waals surface area contributed by atoms with E-state index in [1.165, 1.54) is 4.31 Å². The molecule has 2 unspecified atom stereocenters. The molecule has 1 amide bonds. The molecule has 0 radical (unpaired) electrons. The van der Waals surface area contributed by atoms with Gasteiger partial charge in [0.05, 0.1) is 13.2 Å². The number of morpholine rings is 1. The molecule has 34 heavy (non-hydrogen) atoms. The molecule has 8 heteroatoms. The van der Waals surface area contributed by atoms with E-state index in [0.717, 1.165) is 34.8 Å². The van der Waals surface area contributed by atoms with Crippen LogP contribution in [0, 0.1) is 6.92 Å². The van der Waals surface area contributed by atoms with Gasteiger partial charge in [-0.25, -0.2) is 0 Å². The van der Waals surface area contributed by atoms with Crippen LogP contribution in [0.3, 0.4) is 0 Å². The molecule has 3 heterocycles. The molecule has 3 aromatic rings. The number of carbonyl (C=O) groups excluding carboxylic acids is 2. The van der Waals surface area contributed by atoms with Crippen LogP contribution in [-0.2, 0) is 19.9 Å². The average Bonchev–Trinajstić information content (AvgIpc) is 3.30. The Morgan fingerprint density at radius 3 is 2.41 bits per heavy atom. The van der Waals surface area contributed by atoms with E-state index in [2.05, 4.69) is 17.0 Å². The van der Waals surface area contributed by atoms with Crippen LogP contribution in [0.25, 0.3) is 0 Å². The van der Waals surface area contributed by atoms with Crippen molar-refractivity contribution in [3.63, 3.8) is 0 Å². The Morgan fingerprint density at radius 1 is 1.06 bits per heavy atom. The van der Waals surface area contributed by atoms with E-state index in [0.29, 0.717) is 23.8 Å². The number of hydrogen-bond donors (Lipinski definition) is 1. The highest BCUT2D eigenvalue weighted by Crippen LogP contribution is 2.49. The maximum atomic E-state index is 13.7. The topological polar surface area (TPSA) is 49.9 Å². The molecule has 0 saturated carbocycles. The molecule has 2 atom stereocenters. The number of nitrogens with zero attached hydrogens (tertiary/aromatic N) is 2. The number of ketones is 1. The monoisotopic (exact) mass is 512 g/mol. The number of Topliss-reactive ketones (excluding diaryl/α,β-unsaturated/α-hetero) is 1. The zero-order valence-corrected chi connectivity index (χ0v) is 21.2. The maximum absolute atomic E-state index is 13.7. The number of carbonyl (C=O) groups is 2. The van der Waals surface area contributed by atoms with Gasteiger partial charge in [-0.3, -0.25) is 13.9 Å². The van der Waals surface area contributed by atoms with E-state index in [1.807, 2.05) is 30.5 Å². The summed E-state index contributed by atoms with van der Waals surface area (Å²) in [6.45, 7) is 5.10. The molecule has 2 aromatic carbocycles. The average molecular weight is 513 g/mol. The minimum Gasteiger partial charge on any atom is -0.378 e. The van der Waals surface area contributed by atoms with Gasteiger partial charge in [-0.15, -0.1) is 11.3 Å². The summed E-state index contributed by atoms with van der Waals surface area (Å²) < 4.78 is 6.92. The fourth-order valence-electron chi connectivity index (χ4n) is 4.94. The van der Waals surface area contributed by atoms with Gasteiger partial charge in [0.1, 0.15) is 11.5 Å². The Hall–Kier alpha value is -2.32. The molecule has 2 fully saturated rings. The predicted molar refractivity (Wildman–Crippen MR) is 139 cm³/mol. The van der Waals surface area contributed by atoms with E-state index in [4.69, 9.17) is 29.2 Å². The molecule has 0 spiro atoms. The minimum atomic E-state index is -0.997. The first-order valence-corrected chi connectivity index (χ1v) is 12.9. The van der Waals surface area contributed by atoms with Crippen LogP contribution in [0.2, 0.25) is 5.02 Å². The molecule has 176 valence electrons. The number of aryl methyl sites for hydroxylation is 1. The number of amides is 1. The number of anilines is 1. The summed E-state index contributed by atoms with van der Waals surface area (Å²) in [5.74, 6) is -1.50. The highest BCUT2D eigenvalue weighted by atomic mass is 35.5. The van der Waals surface area contributed by atoms with E-state index in [1.54, 1.807) is 35.6 Å². The molecule has 1 aromatic heterocycles. The van der Waals surface area contributed by atoms with Crippen LogP contribution in [0.15, 0.2) is 60.0 Å². The van der Waals surface area contributed by atoms with Crippen molar-refractivity contribution in [2.75, 3.05) is 31.2 Å². The summed E-state index contributed by atoms with van der Waals surface area (Å²) >= 11 is 12.7. The first-order valence-electron chi connectivity index (χ1n) is 11.2. The number of thiol groups is 1. The fraction of sp³-hybridized carbons (Fsp3) is 0.308. The number of halogens is 1. The summed E-state index contributed by atoms with van der Waals surface area (Å²) in [6, 6.07) is 17.2. The van der Waals surface area contributed by atoms with Crippen LogP contribution >= 0.6 is 35.8 Å². The lowest BCUT2D eigenvalue weighted by molar-refractivity contribution is -0.142. The Balaban J connectivity index is 1.58. The minimum absolute atomic E-state index is 0.116. The van der Waals surface area contributed by atoms with Crippen LogP contribution < -0.4 is 4.90 Å². The van der Waals surface area contributed by atoms with Gasteiger partial charge in [0.25, 0.3) is 0 Å². The number of benzene rings is 2. The molecule has 0 N–H and O–H groups in total. The van der Waals surface area contributed by atoms with Crippen molar-refractivity contribution in [1.29, 1.82) is 0 Å². The smallest absolute Gasteiger partial charge is 0.248 e. The van der Waals surface area contributed by atoms with Crippen molar-refractivity contribution in [2.45, 2.75) is 24.8 Å². The molecule has 2 saturated heterocycles. The van der Waals surface area contributed by atoms with Crippen LogP contribution in [0.5, 0.6) is 0 Å². The van der Waals surface area contributed by atoms with Crippen LogP contribution in [0.4, 0.5) is 5.69 Å². The molecule has 0 bridgehead atoms. The van der Waals surface area contributed by atoms with Crippen LogP contribution in [0.1, 0.15) is 33.9 Å². The van der Waals surface area contributed by atoms with E-state index >= 15 is 0 Å². The SMILES string of the molecule is Cc1cc(C2(c3ccc(N4CCOCC4)cc3)CC(=O)C(c3ccccc3Cl)C(=O)N2S)cs1. The van der Waals surface area contributed by atoms with Crippen molar-refractivity contribution in [3.05, 3.63) is 86.6 Å². The molecule has 0 aliphatic carbocycles. The Bertz CT molecular complexity index is 1220. The number of piperidine rings is 1. The largest absolute Gasteiger partial charge is 0.378 e. The fourth-order valence-corrected chi connectivity index (χ4v) is 6.37. The first-order chi connectivity index (χ1) is 16.4. The second-order valence-corrected chi connectivity index (χ2v) is 10.6. The highest BCUT2D eigenvalue weighted by molar-refractivity contribution is 7.78. The van der Waals surface area contributed by atoms with E-state index < -0.39 is 11.5 Å². The molecule has 5 rings (SSSR count). The lowest BCUT2D eigenvalue weighted by Gasteiger charge is -2.46. The van der Waals surface area contributed by atoms with Gasteiger partial charge < -0.3 is 9.64 Å². The van der Waals surface area contributed by atoms with Gasteiger partial charge in [0.2, 0.25) is 5.91 Å². The summed E-state index contributed by atoms with van der Waals surface area (Å²) in [4.78, 5) is 30.7. The zero-order chi connectivity index (χ0) is 23.9. The van der Waals surface area contributed by atoms with Crippen molar-refractivity contribution in [2.24, 2.45) is 0 Å². The standard InChI is InChI=1S/C26H25ClN2O3S2/c1-17-14-19(16-34-17)26(18-6-8-20(9-7-18)28-10-12-32-13-11-28)15-23(30)24(25(31)29(26)33)21-4-2-3-5-22(21)27/h2-9,14,16,24,33H,10-13,15H2,1H3. The third-order valence-electron chi connectivity index (χ3n) is 6.71. The summed E-state index contributed by atoms with van der Waals surface area (Å²) in [6.07, 6.45) is 0.116. The third kappa shape index (κ3) is 3.94. The van der Waals surface area contributed by atoms with Crippen LogP contribution in [-0.4, -0.2) is 42.3 Å². The summed E-state index contributed by atoms with van der Waals surface area (Å²) in [5, 5.41) is 2.43. The normalized spacial score (nSPS) is 23.4. The Labute approximate surface area is 213 Å². The van der Waals surface area contributed by atoms with Crippen molar-refractivity contribution < 1.29 is 14.3 Å². The Kier molecular flexibility index (Phi) is 6.46. The highest BCUT2D eigenvalue weighted by Gasteiger charge is 2.53.